The predicted molar refractivity (Wildman–Crippen MR) is 77.8 cm³/mol. The highest BCUT2D eigenvalue weighted by molar-refractivity contribution is 7.09. The fourth-order valence-electron chi connectivity index (χ4n) is 2.75. The number of likely N-dealkylation sites (tertiary alicyclic amines) is 1. The molecule has 0 aromatic carbocycles. The average Bonchev–Trinajstić information content (AvgIpc) is 2.96. The second-order valence-corrected chi connectivity index (χ2v) is 6.38. The van der Waals surface area contributed by atoms with Crippen LogP contribution in [0.25, 0.3) is 0 Å². The first-order valence-electron chi connectivity index (χ1n) is 7.08. The minimum atomic E-state index is 0.754. The molecule has 1 N–H and O–H groups in total. The van der Waals surface area contributed by atoms with E-state index in [1.54, 1.807) is 11.3 Å². The molecule has 1 aromatic rings. The van der Waals surface area contributed by atoms with Crippen LogP contribution in [-0.4, -0.2) is 29.0 Å². The van der Waals surface area contributed by atoms with Gasteiger partial charge in [-0.05, 0) is 31.8 Å². The molecule has 0 aliphatic carbocycles. The number of hydrogen-bond acceptors (Lipinski definition) is 4. The van der Waals surface area contributed by atoms with E-state index in [0.717, 1.165) is 31.6 Å². The van der Waals surface area contributed by atoms with Gasteiger partial charge in [0.2, 0.25) is 0 Å². The van der Waals surface area contributed by atoms with Crippen LogP contribution in [0, 0.1) is 5.92 Å². The lowest BCUT2D eigenvalue weighted by atomic mass is 10.0. The van der Waals surface area contributed by atoms with Crippen LogP contribution < -0.4 is 5.32 Å². The summed E-state index contributed by atoms with van der Waals surface area (Å²) in [6.07, 6.45) is 2.70. The number of nitrogens with one attached hydrogen (secondary N) is 1. The van der Waals surface area contributed by atoms with Gasteiger partial charge in [-0.3, -0.25) is 4.90 Å². The van der Waals surface area contributed by atoms with Crippen LogP contribution in [0.15, 0.2) is 5.38 Å². The monoisotopic (exact) mass is 267 g/mol. The van der Waals surface area contributed by atoms with Gasteiger partial charge in [-0.2, -0.15) is 0 Å². The van der Waals surface area contributed by atoms with Crippen LogP contribution in [-0.2, 0) is 13.1 Å². The summed E-state index contributed by atoms with van der Waals surface area (Å²) in [4.78, 5) is 7.33. The quantitative estimate of drug-likeness (QED) is 0.859. The summed E-state index contributed by atoms with van der Waals surface area (Å²) in [7, 11) is 0. The summed E-state index contributed by atoms with van der Waals surface area (Å²) in [6, 6.07) is 0.754. The fourth-order valence-corrected chi connectivity index (χ4v) is 3.50. The molecule has 0 spiro atoms. The Bertz CT molecular complexity index is 362. The lowest BCUT2D eigenvalue weighted by molar-refractivity contribution is 0.197. The van der Waals surface area contributed by atoms with E-state index < -0.39 is 0 Å². The van der Waals surface area contributed by atoms with E-state index in [1.165, 1.54) is 30.1 Å². The van der Waals surface area contributed by atoms with Crippen LogP contribution in [0.4, 0.5) is 0 Å². The third-order valence-corrected chi connectivity index (χ3v) is 4.57. The van der Waals surface area contributed by atoms with Gasteiger partial charge in [-0.25, -0.2) is 4.98 Å². The highest BCUT2D eigenvalue weighted by atomic mass is 32.1. The van der Waals surface area contributed by atoms with Gasteiger partial charge >= 0.3 is 0 Å². The molecule has 4 heteroatoms. The van der Waals surface area contributed by atoms with E-state index >= 15 is 0 Å². The zero-order valence-corrected chi connectivity index (χ0v) is 12.6. The van der Waals surface area contributed by atoms with E-state index in [1.807, 2.05) is 0 Å². The zero-order chi connectivity index (χ0) is 13.0. The second-order valence-electron chi connectivity index (χ2n) is 5.44. The molecule has 1 fully saturated rings. The number of thiazole rings is 1. The third kappa shape index (κ3) is 3.53. The van der Waals surface area contributed by atoms with Gasteiger partial charge in [0.1, 0.15) is 5.01 Å². The van der Waals surface area contributed by atoms with Gasteiger partial charge < -0.3 is 5.32 Å². The Morgan fingerprint density at radius 2 is 2.39 bits per heavy atom. The van der Waals surface area contributed by atoms with E-state index in [4.69, 9.17) is 4.98 Å². The normalized spacial score (nSPS) is 21.0. The average molecular weight is 267 g/mol. The molecule has 3 nitrogen and oxygen atoms in total. The number of aromatic nitrogens is 1. The number of hydrogen-bond donors (Lipinski definition) is 1. The molecule has 2 rings (SSSR count). The van der Waals surface area contributed by atoms with Gasteiger partial charge in [-0.15, -0.1) is 11.3 Å². The van der Waals surface area contributed by atoms with Gasteiger partial charge in [0.15, 0.2) is 0 Å². The standard InChI is InChI=1S/C14H25N3S/c1-4-15-8-14-16-12(10-18-14)9-17-7-5-6-13(17)11(2)3/h10-11,13,15H,4-9H2,1-3H3. The minimum absolute atomic E-state index is 0.754. The molecule has 18 heavy (non-hydrogen) atoms. The Morgan fingerprint density at radius 1 is 1.56 bits per heavy atom. The summed E-state index contributed by atoms with van der Waals surface area (Å²) in [5, 5.41) is 6.77. The first-order valence-corrected chi connectivity index (χ1v) is 7.96. The lowest BCUT2D eigenvalue weighted by Gasteiger charge is -2.26. The minimum Gasteiger partial charge on any atom is -0.311 e. The van der Waals surface area contributed by atoms with Crippen molar-refractivity contribution in [1.82, 2.24) is 15.2 Å². The van der Waals surface area contributed by atoms with Crippen molar-refractivity contribution in [2.45, 2.75) is 52.7 Å². The largest absolute Gasteiger partial charge is 0.311 e. The molecule has 1 atom stereocenters. The summed E-state index contributed by atoms with van der Waals surface area (Å²) >= 11 is 1.78. The Hall–Kier alpha value is -0.450. The second kappa shape index (κ2) is 6.64. The Morgan fingerprint density at radius 3 is 3.11 bits per heavy atom. The molecule has 1 saturated heterocycles. The topological polar surface area (TPSA) is 28.2 Å². The summed E-state index contributed by atoms with van der Waals surface area (Å²) in [5.41, 5.74) is 1.25. The van der Waals surface area contributed by atoms with Crippen molar-refractivity contribution in [2.75, 3.05) is 13.1 Å². The highest BCUT2D eigenvalue weighted by Gasteiger charge is 2.27. The van der Waals surface area contributed by atoms with Gasteiger partial charge in [0, 0.05) is 24.5 Å². The Kier molecular flexibility index (Phi) is 5.15. The van der Waals surface area contributed by atoms with Crippen molar-refractivity contribution >= 4 is 11.3 Å². The van der Waals surface area contributed by atoms with Crippen molar-refractivity contribution in [3.05, 3.63) is 16.1 Å². The van der Waals surface area contributed by atoms with Gasteiger partial charge in [0.05, 0.1) is 5.69 Å². The maximum Gasteiger partial charge on any atom is 0.107 e. The number of nitrogens with zero attached hydrogens (tertiary/aromatic N) is 2. The molecule has 0 radical (unpaired) electrons. The third-order valence-electron chi connectivity index (χ3n) is 3.67. The molecule has 0 amide bonds. The molecule has 102 valence electrons. The SMILES string of the molecule is CCNCc1nc(CN2CCCC2C(C)C)cs1. The molecule has 1 unspecified atom stereocenters. The predicted octanol–water partition coefficient (Wildman–Crippen LogP) is 2.87. The summed E-state index contributed by atoms with van der Waals surface area (Å²) < 4.78 is 0. The van der Waals surface area contributed by atoms with Crippen molar-refractivity contribution < 1.29 is 0 Å². The van der Waals surface area contributed by atoms with Crippen molar-refractivity contribution in [3.63, 3.8) is 0 Å². The van der Waals surface area contributed by atoms with E-state index in [-0.39, 0.29) is 0 Å². The molecule has 0 saturated carbocycles. The van der Waals surface area contributed by atoms with Gasteiger partial charge in [0.25, 0.3) is 0 Å². The molecule has 1 aliphatic rings. The first kappa shape index (κ1) is 14.0. The van der Waals surface area contributed by atoms with Crippen LogP contribution in [0.5, 0.6) is 0 Å². The van der Waals surface area contributed by atoms with E-state index in [2.05, 4.69) is 36.4 Å². The van der Waals surface area contributed by atoms with E-state index in [0.29, 0.717) is 0 Å². The lowest BCUT2D eigenvalue weighted by Crippen LogP contribution is -2.32. The van der Waals surface area contributed by atoms with Crippen LogP contribution in [0.2, 0.25) is 0 Å². The smallest absolute Gasteiger partial charge is 0.107 e. The van der Waals surface area contributed by atoms with E-state index in [9.17, 15) is 0 Å². The fraction of sp³-hybridized carbons (Fsp3) is 0.786. The van der Waals surface area contributed by atoms with Crippen molar-refractivity contribution in [3.8, 4) is 0 Å². The summed E-state index contributed by atoms with van der Waals surface area (Å²) in [6.45, 7) is 11.0. The van der Waals surface area contributed by atoms with Gasteiger partial charge in [-0.1, -0.05) is 20.8 Å². The number of rotatable bonds is 6. The van der Waals surface area contributed by atoms with Crippen LogP contribution >= 0.6 is 11.3 Å². The molecule has 1 aromatic heterocycles. The molecule has 1 aliphatic heterocycles. The Balaban J connectivity index is 1.90. The van der Waals surface area contributed by atoms with Crippen molar-refractivity contribution in [1.29, 1.82) is 0 Å². The highest BCUT2D eigenvalue weighted by Crippen LogP contribution is 2.25. The van der Waals surface area contributed by atoms with Crippen LogP contribution in [0.1, 0.15) is 44.3 Å². The molecular formula is C14H25N3S. The maximum absolute atomic E-state index is 4.72. The van der Waals surface area contributed by atoms with Crippen molar-refractivity contribution in [2.24, 2.45) is 5.92 Å². The first-order chi connectivity index (χ1) is 8.70. The molecule has 0 bridgehead atoms. The van der Waals surface area contributed by atoms with Crippen LogP contribution in [0.3, 0.4) is 0 Å². The maximum atomic E-state index is 4.72. The molecule has 2 heterocycles. The Labute approximate surface area is 115 Å². The zero-order valence-electron chi connectivity index (χ0n) is 11.8. The summed E-state index contributed by atoms with van der Waals surface area (Å²) in [5.74, 6) is 0.757. The molecular weight excluding hydrogens is 242 g/mol.